The maximum absolute atomic E-state index is 12.6. The summed E-state index contributed by atoms with van der Waals surface area (Å²) >= 11 is 0. The number of amides is 2. The van der Waals surface area contributed by atoms with Crippen LogP contribution < -0.4 is 5.32 Å². The van der Waals surface area contributed by atoms with E-state index in [1.54, 1.807) is 4.90 Å². The number of rotatable bonds is 6. The first kappa shape index (κ1) is 18.5. The zero-order chi connectivity index (χ0) is 18.5. The predicted octanol–water partition coefficient (Wildman–Crippen LogP) is 2.03. The Morgan fingerprint density at radius 2 is 1.96 bits per heavy atom. The van der Waals surface area contributed by atoms with Crippen molar-refractivity contribution in [3.8, 4) is 0 Å². The van der Waals surface area contributed by atoms with E-state index in [0.717, 1.165) is 6.54 Å². The van der Waals surface area contributed by atoms with E-state index >= 15 is 0 Å². The van der Waals surface area contributed by atoms with E-state index in [4.69, 9.17) is 4.74 Å². The number of hydrogen-bond donors (Lipinski definition) is 1. The second kappa shape index (κ2) is 8.36. The molecule has 0 unspecified atom stereocenters. The van der Waals surface area contributed by atoms with Gasteiger partial charge in [-0.1, -0.05) is 18.2 Å². The predicted molar refractivity (Wildman–Crippen MR) is 101 cm³/mol. The van der Waals surface area contributed by atoms with Crippen LogP contribution in [0, 0.1) is 5.92 Å². The van der Waals surface area contributed by atoms with Crippen LogP contribution in [0.1, 0.15) is 19.8 Å². The molecule has 1 aromatic carbocycles. The Morgan fingerprint density at radius 1 is 1.23 bits per heavy atom. The Morgan fingerprint density at radius 3 is 2.69 bits per heavy atom. The van der Waals surface area contributed by atoms with E-state index < -0.39 is 0 Å². The molecule has 6 nitrogen and oxygen atoms in total. The largest absolute Gasteiger partial charge is 0.375 e. The molecule has 1 aromatic heterocycles. The summed E-state index contributed by atoms with van der Waals surface area (Å²) < 4.78 is 7.06. The van der Waals surface area contributed by atoms with Gasteiger partial charge in [0.25, 0.3) is 0 Å². The van der Waals surface area contributed by atoms with E-state index in [1.807, 2.05) is 19.1 Å². The monoisotopic (exact) mass is 357 g/mol. The third-order valence-corrected chi connectivity index (χ3v) is 5.03. The molecule has 0 aliphatic carbocycles. The van der Waals surface area contributed by atoms with Gasteiger partial charge >= 0.3 is 0 Å². The summed E-state index contributed by atoms with van der Waals surface area (Å²) in [7, 11) is 1.52. The van der Waals surface area contributed by atoms with Gasteiger partial charge in [0, 0.05) is 50.4 Å². The molecule has 1 saturated heterocycles. The summed E-state index contributed by atoms with van der Waals surface area (Å²) in [5.74, 6) is 0.0671. The van der Waals surface area contributed by atoms with E-state index in [1.165, 1.54) is 18.0 Å². The van der Waals surface area contributed by atoms with E-state index in [0.29, 0.717) is 25.9 Å². The molecule has 0 spiro atoms. The van der Waals surface area contributed by atoms with Crippen molar-refractivity contribution >= 4 is 22.7 Å². The normalized spacial score (nSPS) is 16.6. The summed E-state index contributed by atoms with van der Waals surface area (Å²) in [5, 5.41) is 4.34. The van der Waals surface area contributed by atoms with Gasteiger partial charge in [-0.2, -0.15) is 0 Å². The van der Waals surface area contributed by atoms with E-state index in [2.05, 4.69) is 34.3 Å². The molecule has 1 aliphatic heterocycles. The van der Waals surface area contributed by atoms with Gasteiger partial charge in [0.2, 0.25) is 11.8 Å². The number of carbonyl (C=O) groups is 2. The Hall–Kier alpha value is -2.34. The topological polar surface area (TPSA) is 63.6 Å². The van der Waals surface area contributed by atoms with Gasteiger partial charge < -0.3 is 19.5 Å². The summed E-state index contributed by atoms with van der Waals surface area (Å²) in [5.41, 5.74) is 1.18. The van der Waals surface area contributed by atoms with Crippen LogP contribution in [0.2, 0.25) is 0 Å². The first-order valence-corrected chi connectivity index (χ1v) is 9.19. The molecule has 0 radical (unpaired) electrons. The molecule has 0 bridgehead atoms. The maximum atomic E-state index is 12.6. The molecule has 140 valence electrons. The van der Waals surface area contributed by atoms with Gasteiger partial charge in [-0.15, -0.1) is 0 Å². The molecular formula is C20H27N3O3. The van der Waals surface area contributed by atoms with Crippen LogP contribution in [-0.4, -0.2) is 54.1 Å². The average molecular weight is 357 g/mol. The molecule has 6 heteroatoms. The van der Waals surface area contributed by atoms with Gasteiger partial charge in [-0.05, 0) is 37.3 Å². The first-order valence-electron chi connectivity index (χ1n) is 9.19. The minimum Gasteiger partial charge on any atom is -0.375 e. The van der Waals surface area contributed by atoms with Crippen molar-refractivity contribution in [1.29, 1.82) is 0 Å². The summed E-state index contributed by atoms with van der Waals surface area (Å²) in [6, 6.07) is 10.4. The lowest BCUT2D eigenvalue weighted by molar-refractivity contribution is -0.138. The number of hydrogen-bond acceptors (Lipinski definition) is 3. The van der Waals surface area contributed by atoms with Gasteiger partial charge in [-0.25, -0.2) is 0 Å². The fourth-order valence-electron chi connectivity index (χ4n) is 3.61. The third-order valence-electron chi connectivity index (χ3n) is 5.03. The lowest BCUT2D eigenvalue weighted by atomic mass is 9.95. The quantitative estimate of drug-likeness (QED) is 0.860. The molecule has 1 N–H and O–H groups in total. The Labute approximate surface area is 154 Å². The second-order valence-corrected chi connectivity index (χ2v) is 7.02. The summed E-state index contributed by atoms with van der Waals surface area (Å²) in [6.07, 6.45) is 3.48. The number of nitrogens with one attached hydrogen (secondary N) is 1. The highest BCUT2D eigenvalue weighted by Crippen LogP contribution is 2.19. The Balaban J connectivity index is 1.50. The van der Waals surface area contributed by atoms with Crippen molar-refractivity contribution in [3.63, 3.8) is 0 Å². The number of carbonyl (C=O) groups excluding carboxylic acids is 2. The molecule has 2 heterocycles. The number of nitrogens with zero attached hydrogens (tertiary/aromatic N) is 2. The van der Waals surface area contributed by atoms with Gasteiger partial charge in [-0.3, -0.25) is 9.59 Å². The molecule has 3 rings (SSSR count). The number of benzene rings is 1. The second-order valence-electron chi connectivity index (χ2n) is 7.02. The molecular weight excluding hydrogens is 330 g/mol. The van der Waals surface area contributed by atoms with E-state index in [9.17, 15) is 9.59 Å². The number of aromatic nitrogens is 1. The number of fused-ring (bicyclic) bond motifs is 1. The molecule has 1 fully saturated rings. The molecule has 0 saturated carbocycles. The standard InChI is InChI=1S/C20H27N3O3/c1-15(13-23-12-7-16-5-3-4-6-18(16)23)21-20(25)17-8-10-22(11-9-17)19(24)14-26-2/h3-7,12,15,17H,8-11,13-14H2,1-2H3,(H,21,25)/t15-/m0/s1. The smallest absolute Gasteiger partial charge is 0.248 e. The molecule has 2 amide bonds. The fourth-order valence-corrected chi connectivity index (χ4v) is 3.61. The summed E-state index contributed by atoms with van der Waals surface area (Å²) in [4.78, 5) is 26.2. The van der Waals surface area contributed by atoms with Crippen molar-refractivity contribution in [3.05, 3.63) is 36.5 Å². The highest BCUT2D eigenvalue weighted by molar-refractivity contribution is 5.81. The third kappa shape index (κ3) is 4.25. The molecule has 26 heavy (non-hydrogen) atoms. The number of likely N-dealkylation sites (tertiary alicyclic amines) is 1. The molecule has 1 aliphatic rings. The van der Waals surface area contributed by atoms with Crippen molar-refractivity contribution in [2.75, 3.05) is 26.8 Å². The zero-order valence-electron chi connectivity index (χ0n) is 15.5. The minimum absolute atomic E-state index is 0.000730. The molecule has 1 atom stereocenters. The van der Waals surface area contributed by atoms with Crippen LogP contribution in [-0.2, 0) is 20.9 Å². The first-order chi connectivity index (χ1) is 12.6. The number of methoxy groups -OCH3 is 1. The van der Waals surface area contributed by atoms with Crippen LogP contribution in [0.4, 0.5) is 0 Å². The van der Waals surface area contributed by atoms with Crippen LogP contribution in [0.3, 0.4) is 0 Å². The fraction of sp³-hybridized carbons (Fsp3) is 0.500. The van der Waals surface area contributed by atoms with Gasteiger partial charge in [0.05, 0.1) is 0 Å². The Bertz CT molecular complexity index is 763. The van der Waals surface area contributed by atoms with Crippen molar-refractivity contribution in [1.82, 2.24) is 14.8 Å². The number of para-hydroxylation sites is 1. The van der Waals surface area contributed by atoms with Crippen LogP contribution in [0.15, 0.2) is 36.5 Å². The lowest BCUT2D eigenvalue weighted by Gasteiger charge is -2.31. The van der Waals surface area contributed by atoms with Gasteiger partial charge in [0.15, 0.2) is 0 Å². The Kier molecular flexibility index (Phi) is 5.93. The van der Waals surface area contributed by atoms with Gasteiger partial charge in [0.1, 0.15) is 6.61 Å². The lowest BCUT2D eigenvalue weighted by Crippen LogP contribution is -2.46. The maximum Gasteiger partial charge on any atom is 0.248 e. The van der Waals surface area contributed by atoms with Crippen molar-refractivity contribution in [2.45, 2.75) is 32.4 Å². The van der Waals surface area contributed by atoms with Crippen LogP contribution in [0.25, 0.3) is 10.9 Å². The highest BCUT2D eigenvalue weighted by atomic mass is 16.5. The van der Waals surface area contributed by atoms with Crippen LogP contribution >= 0.6 is 0 Å². The SMILES string of the molecule is COCC(=O)N1CCC(C(=O)N[C@@H](C)Cn2ccc3ccccc32)CC1. The molecule has 2 aromatic rings. The number of piperidine rings is 1. The van der Waals surface area contributed by atoms with Crippen molar-refractivity contribution < 1.29 is 14.3 Å². The summed E-state index contributed by atoms with van der Waals surface area (Å²) in [6.45, 7) is 4.13. The zero-order valence-corrected chi connectivity index (χ0v) is 15.5. The average Bonchev–Trinajstić information content (AvgIpc) is 3.05. The highest BCUT2D eigenvalue weighted by Gasteiger charge is 2.27. The van der Waals surface area contributed by atoms with E-state index in [-0.39, 0.29) is 30.4 Å². The number of ether oxygens (including phenoxy) is 1. The minimum atomic E-state index is -0.0227. The van der Waals surface area contributed by atoms with Crippen molar-refractivity contribution in [2.24, 2.45) is 5.92 Å². The van der Waals surface area contributed by atoms with Crippen LogP contribution in [0.5, 0.6) is 0 Å².